The topological polar surface area (TPSA) is 49.9 Å². The van der Waals surface area contributed by atoms with Crippen molar-refractivity contribution in [1.82, 2.24) is 9.80 Å². The second kappa shape index (κ2) is 11.5. The molecule has 0 spiro atoms. The predicted octanol–water partition coefficient (Wildman–Crippen LogP) is 4.40. The van der Waals surface area contributed by atoms with Gasteiger partial charge < -0.3 is 14.5 Å². The summed E-state index contributed by atoms with van der Waals surface area (Å²) in [4.78, 5) is 28.9. The average molecular weight is 429 g/mol. The first-order chi connectivity index (χ1) is 15.5. The fraction of sp³-hybridized carbons (Fsp3) is 0.185. The highest BCUT2D eigenvalue weighted by atomic mass is 16.5. The molecule has 0 N–H and O–H groups in total. The number of benzene rings is 3. The summed E-state index contributed by atoms with van der Waals surface area (Å²) in [6, 6.07) is 27.2. The summed E-state index contributed by atoms with van der Waals surface area (Å²) in [5, 5.41) is 0. The Morgan fingerprint density at radius 1 is 0.844 bits per heavy atom. The summed E-state index contributed by atoms with van der Waals surface area (Å²) < 4.78 is 5.21. The largest absolute Gasteiger partial charge is 0.497 e. The highest BCUT2D eigenvalue weighted by molar-refractivity contribution is 5.94. The third-order valence-corrected chi connectivity index (χ3v) is 5.05. The van der Waals surface area contributed by atoms with Crippen LogP contribution in [0.3, 0.4) is 0 Å². The summed E-state index contributed by atoms with van der Waals surface area (Å²) in [7, 11) is 3.24. The second-order valence-corrected chi connectivity index (χ2v) is 7.53. The van der Waals surface area contributed by atoms with Gasteiger partial charge in [-0.3, -0.25) is 9.59 Å². The van der Waals surface area contributed by atoms with Crippen molar-refractivity contribution < 1.29 is 14.3 Å². The summed E-state index contributed by atoms with van der Waals surface area (Å²) in [6.07, 6.45) is 3.19. The number of hydrogen-bond donors (Lipinski definition) is 0. The van der Waals surface area contributed by atoms with Crippen LogP contribution < -0.4 is 4.74 Å². The number of rotatable bonds is 9. The van der Waals surface area contributed by atoms with Gasteiger partial charge in [0.2, 0.25) is 11.8 Å². The summed E-state index contributed by atoms with van der Waals surface area (Å²) in [5.74, 6) is 0.379. The third kappa shape index (κ3) is 6.84. The summed E-state index contributed by atoms with van der Waals surface area (Å²) in [6.45, 7) is 0.966. The highest BCUT2D eigenvalue weighted by Gasteiger charge is 2.18. The molecule has 0 aliphatic heterocycles. The van der Waals surface area contributed by atoms with Gasteiger partial charge in [-0.2, -0.15) is 0 Å². The molecule has 0 saturated heterocycles. The van der Waals surface area contributed by atoms with E-state index in [4.69, 9.17) is 4.74 Å². The standard InChI is InChI=1S/C27H28N2O3/c1-28(26(30)17-16-22-14-9-15-25(18-22)32-2)21-27(31)29(19-23-10-5-3-6-11-23)20-24-12-7-4-8-13-24/h3-18H,19-21H2,1-2H3/b17-16+. The smallest absolute Gasteiger partial charge is 0.246 e. The minimum absolute atomic E-state index is 0.000944. The van der Waals surface area contributed by atoms with Crippen molar-refractivity contribution in [3.8, 4) is 5.75 Å². The van der Waals surface area contributed by atoms with Crippen molar-refractivity contribution >= 4 is 17.9 Å². The van der Waals surface area contributed by atoms with E-state index in [9.17, 15) is 9.59 Å². The Morgan fingerprint density at radius 2 is 1.44 bits per heavy atom. The molecule has 0 aliphatic rings. The molecule has 2 amide bonds. The number of hydrogen-bond acceptors (Lipinski definition) is 3. The lowest BCUT2D eigenvalue weighted by atomic mass is 10.1. The molecule has 0 aliphatic carbocycles. The van der Waals surface area contributed by atoms with Crippen LogP contribution in [0.5, 0.6) is 5.75 Å². The van der Waals surface area contributed by atoms with Crippen LogP contribution in [0.15, 0.2) is 91.0 Å². The SMILES string of the molecule is COc1cccc(/C=C/C(=O)N(C)CC(=O)N(Cc2ccccc2)Cc2ccccc2)c1. The van der Waals surface area contributed by atoms with Crippen LogP contribution in [-0.4, -0.2) is 42.3 Å². The first kappa shape index (κ1) is 22.8. The lowest BCUT2D eigenvalue weighted by Crippen LogP contribution is -2.40. The molecule has 0 bridgehead atoms. The zero-order chi connectivity index (χ0) is 22.8. The van der Waals surface area contributed by atoms with Crippen molar-refractivity contribution in [3.05, 3.63) is 108 Å². The van der Waals surface area contributed by atoms with Gasteiger partial charge in [0.1, 0.15) is 5.75 Å². The van der Waals surface area contributed by atoms with E-state index >= 15 is 0 Å². The van der Waals surface area contributed by atoms with E-state index in [1.54, 1.807) is 25.1 Å². The molecule has 3 rings (SSSR count). The molecule has 5 heteroatoms. The Balaban J connectivity index is 1.66. The van der Waals surface area contributed by atoms with E-state index in [0.29, 0.717) is 13.1 Å². The van der Waals surface area contributed by atoms with Crippen molar-refractivity contribution in [1.29, 1.82) is 0 Å². The third-order valence-electron chi connectivity index (χ3n) is 5.05. The first-order valence-corrected chi connectivity index (χ1v) is 10.5. The molecule has 0 atom stereocenters. The molecular weight excluding hydrogens is 400 g/mol. The maximum Gasteiger partial charge on any atom is 0.246 e. The maximum atomic E-state index is 13.1. The number of carbonyl (C=O) groups is 2. The number of ether oxygens (including phenoxy) is 1. The highest BCUT2D eigenvalue weighted by Crippen LogP contribution is 2.14. The van der Waals surface area contributed by atoms with Gasteiger partial charge in [-0.05, 0) is 34.9 Å². The zero-order valence-electron chi connectivity index (χ0n) is 18.5. The quantitative estimate of drug-likeness (QED) is 0.475. The Hall–Kier alpha value is -3.86. The molecular formula is C27H28N2O3. The van der Waals surface area contributed by atoms with Crippen molar-refractivity contribution in [2.75, 3.05) is 20.7 Å². The molecule has 0 unspecified atom stereocenters. The van der Waals surface area contributed by atoms with E-state index in [1.165, 1.54) is 11.0 Å². The molecule has 32 heavy (non-hydrogen) atoms. The van der Waals surface area contributed by atoms with Crippen molar-refractivity contribution in [3.63, 3.8) is 0 Å². The predicted molar refractivity (Wildman–Crippen MR) is 127 cm³/mol. The van der Waals surface area contributed by atoms with Gasteiger partial charge in [-0.1, -0.05) is 72.8 Å². The summed E-state index contributed by atoms with van der Waals surface area (Å²) in [5.41, 5.74) is 2.94. The Morgan fingerprint density at radius 3 is 2.00 bits per heavy atom. The van der Waals surface area contributed by atoms with Gasteiger partial charge in [0.25, 0.3) is 0 Å². The maximum absolute atomic E-state index is 13.1. The molecule has 0 radical (unpaired) electrons. The number of methoxy groups -OCH3 is 1. The van der Waals surface area contributed by atoms with E-state index < -0.39 is 0 Å². The Kier molecular flexibility index (Phi) is 8.21. The van der Waals surface area contributed by atoms with Crippen LogP contribution in [0.25, 0.3) is 6.08 Å². The van der Waals surface area contributed by atoms with Gasteiger partial charge in [0, 0.05) is 26.2 Å². The molecule has 3 aromatic carbocycles. The molecule has 0 heterocycles. The zero-order valence-corrected chi connectivity index (χ0v) is 18.5. The van der Waals surface area contributed by atoms with Gasteiger partial charge in [-0.25, -0.2) is 0 Å². The van der Waals surface area contributed by atoms with E-state index in [1.807, 2.05) is 84.9 Å². The minimum atomic E-state index is -0.236. The number of amides is 2. The van der Waals surface area contributed by atoms with Crippen LogP contribution in [0.1, 0.15) is 16.7 Å². The molecule has 0 aromatic heterocycles. The van der Waals surface area contributed by atoms with E-state index in [2.05, 4.69) is 0 Å². The number of nitrogens with zero attached hydrogens (tertiary/aromatic N) is 2. The van der Waals surface area contributed by atoms with Gasteiger partial charge >= 0.3 is 0 Å². The molecule has 3 aromatic rings. The monoisotopic (exact) mass is 428 g/mol. The van der Waals surface area contributed by atoms with Crippen molar-refractivity contribution in [2.24, 2.45) is 0 Å². The van der Waals surface area contributed by atoms with Gasteiger partial charge in [0.05, 0.1) is 13.7 Å². The molecule has 164 valence electrons. The van der Waals surface area contributed by atoms with Gasteiger partial charge in [-0.15, -0.1) is 0 Å². The van der Waals surface area contributed by atoms with Crippen LogP contribution in [0, 0.1) is 0 Å². The minimum Gasteiger partial charge on any atom is -0.497 e. The van der Waals surface area contributed by atoms with Crippen LogP contribution in [0.2, 0.25) is 0 Å². The van der Waals surface area contributed by atoms with Crippen LogP contribution in [-0.2, 0) is 22.7 Å². The van der Waals surface area contributed by atoms with Crippen LogP contribution >= 0.6 is 0 Å². The molecule has 0 saturated carbocycles. The van der Waals surface area contributed by atoms with Gasteiger partial charge in [0.15, 0.2) is 0 Å². The normalized spacial score (nSPS) is 10.7. The molecule has 5 nitrogen and oxygen atoms in total. The fourth-order valence-corrected chi connectivity index (χ4v) is 3.26. The Bertz CT molecular complexity index is 1010. The fourth-order valence-electron chi connectivity index (χ4n) is 3.26. The van der Waals surface area contributed by atoms with E-state index in [-0.39, 0.29) is 18.4 Å². The lowest BCUT2D eigenvalue weighted by Gasteiger charge is -2.25. The Labute approximate surface area is 189 Å². The summed E-state index contributed by atoms with van der Waals surface area (Å²) >= 11 is 0. The lowest BCUT2D eigenvalue weighted by molar-refractivity contribution is -0.138. The van der Waals surface area contributed by atoms with Crippen LogP contribution in [0.4, 0.5) is 0 Å². The first-order valence-electron chi connectivity index (χ1n) is 10.5. The van der Waals surface area contributed by atoms with Crippen molar-refractivity contribution in [2.45, 2.75) is 13.1 Å². The number of carbonyl (C=O) groups excluding carboxylic acids is 2. The van der Waals surface area contributed by atoms with E-state index in [0.717, 1.165) is 22.4 Å². The average Bonchev–Trinajstić information content (AvgIpc) is 2.83. The molecule has 0 fully saturated rings. The number of likely N-dealkylation sites (N-methyl/N-ethyl adjacent to an activating group) is 1. The second-order valence-electron chi connectivity index (χ2n) is 7.53.